The van der Waals surface area contributed by atoms with E-state index in [9.17, 15) is 0 Å². The standard InChI is InChI=1S/C9H11NS2/c1-7-6-10-4-5-11-8(2)9(3)12-7/h4-6,10H,2-3H2,1H3/b5-4-,7-6-. The van der Waals surface area contributed by atoms with Gasteiger partial charge in [0.25, 0.3) is 0 Å². The average Bonchev–Trinajstić information content (AvgIpc) is 2.07. The van der Waals surface area contributed by atoms with Crippen molar-refractivity contribution in [3.63, 3.8) is 0 Å². The van der Waals surface area contributed by atoms with Crippen molar-refractivity contribution in [1.29, 1.82) is 0 Å². The highest BCUT2D eigenvalue weighted by Gasteiger charge is 2.02. The Labute approximate surface area is 81.7 Å². The van der Waals surface area contributed by atoms with Crippen LogP contribution in [-0.4, -0.2) is 0 Å². The van der Waals surface area contributed by atoms with Crippen LogP contribution in [-0.2, 0) is 0 Å². The number of allylic oxidation sites excluding steroid dienone is 1. The Morgan fingerprint density at radius 1 is 1.33 bits per heavy atom. The van der Waals surface area contributed by atoms with E-state index in [1.807, 2.05) is 24.7 Å². The molecule has 0 radical (unpaired) electrons. The molecule has 0 aromatic rings. The van der Waals surface area contributed by atoms with E-state index in [2.05, 4.69) is 18.5 Å². The van der Waals surface area contributed by atoms with Crippen LogP contribution >= 0.6 is 23.5 Å². The van der Waals surface area contributed by atoms with Gasteiger partial charge >= 0.3 is 0 Å². The summed E-state index contributed by atoms with van der Waals surface area (Å²) in [6.45, 7) is 9.88. The molecule has 1 rings (SSSR count). The number of hydrogen-bond acceptors (Lipinski definition) is 3. The molecule has 0 unspecified atom stereocenters. The Morgan fingerprint density at radius 3 is 2.83 bits per heavy atom. The third kappa shape index (κ3) is 2.83. The lowest BCUT2D eigenvalue weighted by molar-refractivity contribution is 1.19. The van der Waals surface area contributed by atoms with Gasteiger partial charge in [-0.15, -0.1) is 0 Å². The molecule has 1 aliphatic rings. The summed E-state index contributed by atoms with van der Waals surface area (Å²) in [6.07, 6.45) is 3.84. The lowest BCUT2D eigenvalue weighted by atomic mass is 10.6. The molecule has 1 nitrogen and oxygen atoms in total. The fourth-order valence-corrected chi connectivity index (χ4v) is 2.01. The Hall–Kier alpha value is -0.540. The highest BCUT2D eigenvalue weighted by atomic mass is 32.2. The number of nitrogens with one attached hydrogen (secondary N) is 1. The van der Waals surface area contributed by atoms with Gasteiger partial charge in [0.15, 0.2) is 0 Å². The van der Waals surface area contributed by atoms with E-state index >= 15 is 0 Å². The normalized spacial score (nSPS) is 25.9. The summed E-state index contributed by atoms with van der Waals surface area (Å²) >= 11 is 3.23. The Balaban J connectivity index is 2.76. The van der Waals surface area contributed by atoms with Gasteiger partial charge in [-0.1, -0.05) is 36.7 Å². The molecule has 0 aliphatic carbocycles. The van der Waals surface area contributed by atoms with Gasteiger partial charge in [-0.3, -0.25) is 0 Å². The van der Waals surface area contributed by atoms with E-state index in [1.54, 1.807) is 23.5 Å². The van der Waals surface area contributed by atoms with Gasteiger partial charge in [0.1, 0.15) is 0 Å². The van der Waals surface area contributed by atoms with E-state index in [4.69, 9.17) is 0 Å². The minimum Gasteiger partial charge on any atom is -0.366 e. The maximum atomic E-state index is 3.93. The zero-order valence-electron chi connectivity index (χ0n) is 6.96. The van der Waals surface area contributed by atoms with E-state index in [0.29, 0.717) is 0 Å². The molecule has 0 bridgehead atoms. The van der Waals surface area contributed by atoms with E-state index in [1.165, 1.54) is 4.91 Å². The van der Waals surface area contributed by atoms with Crippen LogP contribution in [0.25, 0.3) is 0 Å². The molecule has 12 heavy (non-hydrogen) atoms. The van der Waals surface area contributed by atoms with Crippen LogP contribution in [0.2, 0.25) is 0 Å². The van der Waals surface area contributed by atoms with E-state index in [0.717, 1.165) is 9.81 Å². The van der Waals surface area contributed by atoms with Gasteiger partial charge in [-0.05, 0) is 12.3 Å². The Morgan fingerprint density at radius 2 is 2.08 bits per heavy atom. The van der Waals surface area contributed by atoms with E-state index in [-0.39, 0.29) is 0 Å². The minimum absolute atomic E-state index is 1.01. The van der Waals surface area contributed by atoms with Gasteiger partial charge in [0.05, 0.1) is 0 Å². The fraction of sp³-hybridized carbons (Fsp3) is 0.111. The molecule has 1 aliphatic heterocycles. The lowest BCUT2D eigenvalue weighted by Crippen LogP contribution is -1.90. The Bertz CT molecular complexity index is 264. The van der Waals surface area contributed by atoms with Crippen molar-refractivity contribution in [1.82, 2.24) is 5.32 Å². The maximum absolute atomic E-state index is 3.93. The Kier molecular flexibility index (Phi) is 3.56. The molecular formula is C9H11NS2. The molecule has 0 spiro atoms. The summed E-state index contributed by atoms with van der Waals surface area (Å²) < 4.78 is 0. The molecule has 0 saturated heterocycles. The first-order valence-corrected chi connectivity index (χ1v) is 5.20. The van der Waals surface area contributed by atoms with Crippen molar-refractivity contribution in [2.24, 2.45) is 0 Å². The minimum atomic E-state index is 1.01. The maximum Gasteiger partial charge on any atom is 0.0181 e. The molecule has 1 heterocycles. The number of hydrogen-bond donors (Lipinski definition) is 1. The first-order chi connectivity index (χ1) is 5.70. The van der Waals surface area contributed by atoms with Crippen LogP contribution in [0.5, 0.6) is 0 Å². The molecule has 0 saturated carbocycles. The summed E-state index contributed by atoms with van der Waals surface area (Å²) in [5.41, 5.74) is 0. The van der Waals surface area contributed by atoms with Crippen LogP contribution < -0.4 is 5.32 Å². The predicted molar refractivity (Wildman–Crippen MR) is 59.5 cm³/mol. The van der Waals surface area contributed by atoms with Crippen LogP contribution in [0.4, 0.5) is 0 Å². The molecule has 0 amide bonds. The summed E-state index contributed by atoms with van der Waals surface area (Å²) in [5, 5.41) is 5.01. The van der Waals surface area contributed by atoms with Crippen molar-refractivity contribution in [3.8, 4) is 0 Å². The molecule has 0 aromatic heterocycles. The van der Waals surface area contributed by atoms with Crippen molar-refractivity contribution in [2.45, 2.75) is 6.92 Å². The van der Waals surface area contributed by atoms with Crippen LogP contribution in [0, 0.1) is 0 Å². The van der Waals surface area contributed by atoms with Gasteiger partial charge in [-0.25, -0.2) is 0 Å². The fourth-order valence-electron chi connectivity index (χ4n) is 0.667. The first kappa shape index (κ1) is 9.55. The van der Waals surface area contributed by atoms with Gasteiger partial charge in [0, 0.05) is 27.1 Å². The molecule has 0 fully saturated rings. The highest BCUT2D eigenvalue weighted by Crippen LogP contribution is 2.34. The third-order valence-electron chi connectivity index (χ3n) is 1.26. The number of thioether (sulfide) groups is 2. The van der Waals surface area contributed by atoms with Crippen molar-refractivity contribution in [2.75, 3.05) is 0 Å². The van der Waals surface area contributed by atoms with Crippen LogP contribution in [0.15, 0.2) is 45.7 Å². The highest BCUT2D eigenvalue weighted by molar-refractivity contribution is 8.11. The van der Waals surface area contributed by atoms with Crippen molar-refractivity contribution >= 4 is 23.5 Å². The zero-order valence-corrected chi connectivity index (χ0v) is 8.60. The summed E-state index contributed by atoms with van der Waals surface area (Å²) in [5.74, 6) is 0. The second-order valence-corrected chi connectivity index (χ2v) is 4.63. The summed E-state index contributed by atoms with van der Waals surface area (Å²) in [6, 6.07) is 0. The molecule has 64 valence electrons. The molecule has 3 heteroatoms. The predicted octanol–water partition coefficient (Wildman–Crippen LogP) is 3.42. The third-order valence-corrected chi connectivity index (χ3v) is 3.12. The molecular weight excluding hydrogens is 186 g/mol. The zero-order chi connectivity index (χ0) is 8.97. The lowest BCUT2D eigenvalue weighted by Gasteiger charge is -2.04. The van der Waals surface area contributed by atoms with Crippen LogP contribution in [0.3, 0.4) is 0 Å². The van der Waals surface area contributed by atoms with Gasteiger partial charge in [0.2, 0.25) is 0 Å². The van der Waals surface area contributed by atoms with Gasteiger partial charge < -0.3 is 5.32 Å². The topological polar surface area (TPSA) is 12.0 Å². The van der Waals surface area contributed by atoms with Crippen LogP contribution in [0.1, 0.15) is 6.92 Å². The SMILES string of the molecule is C=C1S/C=C\N/C=C(/C)SC1=C. The first-order valence-electron chi connectivity index (χ1n) is 3.50. The second kappa shape index (κ2) is 4.48. The monoisotopic (exact) mass is 197 g/mol. The smallest absolute Gasteiger partial charge is 0.0181 e. The largest absolute Gasteiger partial charge is 0.366 e. The molecule has 0 atom stereocenters. The van der Waals surface area contributed by atoms with Crippen molar-refractivity contribution < 1.29 is 0 Å². The molecule has 0 aromatic carbocycles. The van der Waals surface area contributed by atoms with Gasteiger partial charge in [-0.2, -0.15) is 0 Å². The summed E-state index contributed by atoms with van der Waals surface area (Å²) in [7, 11) is 0. The van der Waals surface area contributed by atoms with Crippen molar-refractivity contribution in [3.05, 3.63) is 45.7 Å². The summed E-state index contributed by atoms with van der Waals surface area (Å²) in [4.78, 5) is 3.21. The number of rotatable bonds is 0. The van der Waals surface area contributed by atoms with E-state index < -0.39 is 0 Å². The quantitative estimate of drug-likeness (QED) is 0.639. The molecule has 1 N–H and O–H groups in total. The second-order valence-electron chi connectivity index (χ2n) is 2.29. The average molecular weight is 197 g/mol.